The molecule has 144 valence electrons. The van der Waals surface area contributed by atoms with Crippen molar-refractivity contribution < 1.29 is 9.53 Å². The second kappa shape index (κ2) is 7.85. The summed E-state index contributed by atoms with van der Waals surface area (Å²) in [7, 11) is 1.53. The van der Waals surface area contributed by atoms with Crippen molar-refractivity contribution in [2.45, 2.75) is 0 Å². The van der Waals surface area contributed by atoms with Gasteiger partial charge in [0.25, 0.3) is 11.5 Å². The normalized spacial score (nSPS) is 14.3. The maximum atomic E-state index is 13.0. The molecule has 2 heterocycles. The lowest BCUT2D eigenvalue weighted by Crippen LogP contribution is -2.37. The molecule has 3 aromatic rings. The maximum Gasteiger partial charge on any atom is 0.265 e. The number of benzene rings is 2. The van der Waals surface area contributed by atoms with Crippen LogP contribution < -0.4 is 10.3 Å². The van der Waals surface area contributed by atoms with Crippen LogP contribution in [0.15, 0.2) is 47.5 Å². The number of carbonyl (C=O) groups is 1. The Balaban J connectivity index is 1.76. The Morgan fingerprint density at radius 2 is 1.96 bits per heavy atom. The van der Waals surface area contributed by atoms with Gasteiger partial charge in [-0.25, -0.2) is 4.98 Å². The summed E-state index contributed by atoms with van der Waals surface area (Å²) in [5.74, 6) is 2.39. The highest BCUT2D eigenvalue weighted by Gasteiger charge is 2.19. The lowest BCUT2D eigenvalue weighted by atomic mass is 10.1. The van der Waals surface area contributed by atoms with Gasteiger partial charge in [-0.15, -0.1) is 0 Å². The summed E-state index contributed by atoms with van der Waals surface area (Å²) in [5, 5.41) is 0.915. The summed E-state index contributed by atoms with van der Waals surface area (Å²) >= 11 is 7.94. The zero-order valence-corrected chi connectivity index (χ0v) is 16.8. The van der Waals surface area contributed by atoms with Gasteiger partial charge in [0.05, 0.1) is 23.7 Å². The Morgan fingerprint density at radius 3 is 2.71 bits per heavy atom. The summed E-state index contributed by atoms with van der Waals surface area (Å²) in [4.78, 5) is 32.0. The number of carbonyl (C=O) groups excluding carboxylic acids is 1. The summed E-state index contributed by atoms with van der Waals surface area (Å²) < 4.78 is 6.74. The monoisotopic (exact) mass is 415 g/mol. The first kappa shape index (κ1) is 18.8. The first-order valence-electron chi connectivity index (χ1n) is 8.81. The molecule has 28 heavy (non-hydrogen) atoms. The second-order valence-corrected chi connectivity index (χ2v) is 8.03. The van der Waals surface area contributed by atoms with E-state index in [1.165, 1.54) is 18.0 Å². The van der Waals surface area contributed by atoms with Crippen LogP contribution in [-0.2, 0) is 0 Å². The average Bonchev–Trinajstić information content (AvgIpc) is 2.74. The third-order valence-corrected chi connectivity index (χ3v) is 5.88. The molecule has 0 aliphatic carbocycles. The van der Waals surface area contributed by atoms with Gasteiger partial charge in [-0.2, -0.15) is 11.8 Å². The predicted molar refractivity (Wildman–Crippen MR) is 112 cm³/mol. The number of thioether (sulfide) groups is 1. The van der Waals surface area contributed by atoms with Gasteiger partial charge in [-0.05, 0) is 36.4 Å². The SMILES string of the molecule is COc1ccc(Cl)cc1-n1cnc2cc(C(=O)N3CCSCC3)ccc2c1=O. The van der Waals surface area contributed by atoms with Crippen molar-refractivity contribution in [1.29, 1.82) is 0 Å². The Labute approximate surface area is 171 Å². The molecular weight excluding hydrogens is 398 g/mol. The van der Waals surface area contributed by atoms with Gasteiger partial charge in [-0.1, -0.05) is 11.6 Å². The van der Waals surface area contributed by atoms with Crippen molar-refractivity contribution in [2.24, 2.45) is 0 Å². The van der Waals surface area contributed by atoms with Gasteiger partial charge in [0.2, 0.25) is 0 Å². The van der Waals surface area contributed by atoms with E-state index in [0.29, 0.717) is 32.9 Å². The number of ether oxygens (including phenoxy) is 1. The highest BCUT2D eigenvalue weighted by atomic mass is 35.5. The number of rotatable bonds is 3. The van der Waals surface area contributed by atoms with E-state index in [4.69, 9.17) is 16.3 Å². The van der Waals surface area contributed by atoms with E-state index in [1.807, 2.05) is 16.7 Å². The third-order valence-electron chi connectivity index (χ3n) is 4.70. The van der Waals surface area contributed by atoms with Crippen LogP contribution in [-0.4, -0.2) is 52.1 Å². The Bertz CT molecular complexity index is 1110. The van der Waals surface area contributed by atoms with E-state index < -0.39 is 0 Å². The van der Waals surface area contributed by atoms with Crippen molar-refractivity contribution in [3.63, 3.8) is 0 Å². The molecule has 4 rings (SSSR count). The van der Waals surface area contributed by atoms with Crippen molar-refractivity contribution in [3.8, 4) is 11.4 Å². The fraction of sp³-hybridized carbons (Fsp3) is 0.250. The van der Waals surface area contributed by atoms with Crippen LogP contribution in [0.1, 0.15) is 10.4 Å². The van der Waals surface area contributed by atoms with Gasteiger partial charge in [0, 0.05) is 35.2 Å². The van der Waals surface area contributed by atoms with E-state index in [9.17, 15) is 9.59 Å². The fourth-order valence-electron chi connectivity index (χ4n) is 3.23. The molecule has 0 saturated carbocycles. The lowest BCUT2D eigenvalue weighted by Gasteiger charge is -2.26. The maximum absolute atomic E-state index is 13.0. The number of methoxy groups -OCH3 is 1. The van der Waals surface area contributed by atoms with E-state index in [1.54, 1.807) is 36.4 Å². The molecule has 1 saturated heterocycles. The third kappa shape index (κ3) is 3.47. The number of halogens is 1. The second-order valence-electron chi connectivity index (χ2n) is 6.37. The van der Waals surface area contributed by atoms with Gasteiger partial charge < -0.3 is 9.64 Å². The minimum Gasteiger partial charge on any atom is -0.495 e. The largest absolute Gasteiger partial charge is 0.495 e. The molecule has 1 amide bonds. The van der Waals surface area contributed by atoms with E-state index >= 15 is 0 Å². The minimum absolute atomic E-state index is 0.0234. The molecule has 0 bridgehead atoms. The van der Waals surface area contributed by atoms with Crippen LogP contribution in [0.4, 0.5) is 0 Å². The van der Waals surface area contributed by atoms with E-state index in [0.717, 1.165) is 24.6 Å². The molecule has 0 N–H and O–H groups in total. The number of fused-ring (bicyclic) bond motifs is 1. The smallest absolute Gasteiger partial charge is 0.265 e. The number of hydrogen-bond acceptors (Lipinski definition) is 5. The van der Waals surface area contributed by atoms with Gasteiger partial charge in [0.15, 0.2) is 0 Å². The van der Waals surface area contributed by atoms with Gasteiger partial charge >= 0.3 is 0 Å². The van der Waals surface area contributed by atoms with Crippen LogP contribution in [0.2, 0.25) is 5.02 Å². The summed E-state index contributed by atoms with van der Waals surface area (Å²) in [6.45, 7) is 1.48. The zero-order chi connectivity index (χ0) is 19.7. The standard InChI is InChI=1S/C20H18ClN3O3S/c1-27-18-5-3-14(21)11-17(18)24-12-22-16-10-13(2-4-15(16)20(24)26)19(25)23-6-8-28-9-7-23/h2-5,10-12H,6-9H2,1H3. The molecule has 2 aromatic carbocycles. The number of hydrogen-bond donors (Lipinski definition) is 0. The Morgan fingerprint density at radius 1 is 1.18 bits per heavy atom. The number of amides is 1. The van der Waals surface area contributed by atoms with Crippen molar-refractivity contribution >= 4 is 40.2 Å². The summed E-state index contributed by atoms with van der Waals surface area (Å²) in [6.07, 6.45) is 1.44. The summed E-state index contributed by atoms with van der Waals surface area (Å²) in [5.41, 5.74) is 1.29. The highest BCUT2D eigenvalue weighted by Crippen LogP contribution is 2.26. The van der Waals surface area contributed by atoms with E-state index in [2.05, 4.69) is 4.98 Å². The molecule has 8 heteroatoms. The molecular formula is C20H18ClN3O3S. The van der Waals surface area contributed by atoms with Gasteiger partial charge in [0.1, 0.15) is 12.1 Å². The van der Waals surface area contributed by atoms with Crippen LogP contribution in [0.3, 0.4) is 0 Å². The Kier molecular flexibility index (Phi) is 5.28. The quantitative estimate of drug-likeness (QED) is 0.657. The van der Waals surface area contributed by atoms with Crippen LogP contribution in [0.5, 0.6) is 5.75 Å². The molecule has 1 fully saturated rings. The molecule has 0 spiro atoms. The molecule has 6 nitrogen and oxygen atoms in total. The first-order chi connectivity index (χ1) is 13.6. The van der Waals surface area contributed by atoms with Crippen LogP contribution in [0.25, 0.3) is 16.6 Å². The average molecular weight is 416 g/mol. The van der Waals surface area contributed by atoms with Crippen LogP contribution >= 0.6 is 23.4 Å². The Hall–Kier alpha value is -2.51. The predicted octanol–water partition coefficient (Wildman–Crippen LogP) is 3.24. The first-order valence-corrected chi connectivity index (χ1v) is 10.3. The van der Waals surface area contributed by atoms with Gasteiger partial charge in [-0.3, -0.25) is 14.2 Å². The highest BCUT2D eigenvalue weighted by molar-refractivity contribution is 7.99. The molecule has 1 aliphatic rings. The lowest BCUT2D eigenvalue weighted by molar-refractivity contribution is 0.0772. The topological polar surface area (TPSA) is 64.4 Å². The molecule has 0 radical (unpaired) electrons. The number of aromatic nitrogens is 2. The van der Waals surface area contributed by atoms with Crippen molar-refractivity contribution in [1.82, 2.24) is 14.5 Å². The van der Waals surface area contributed by atoms with Crippen LogP contribution in [0, 0.1) is 0 Å². The fourth-order valence-corrected chi connectivity index (χ4v) is 4.30. The zero-order valence-electron chi connectivity index (χ0n) is 15.2. The van der Waals surface area contributed by atoms with E-state index in [-0.39, 0.29) is 11.5 Å². The minimum atomic E-state index is -0.251. The van der Waals surface area contributed by atoms with Crippen molar-refractivity contribution in [3.05, 3.63) is 63.7 Å². The molecule has 1 aromatic heterocycles. The van der Waals surface area contributed by atoms with Crippen molar-refractivity contribution in [2.75, 3.05) is 31.7 Å². The summed E-state index contributed by atoms with van der Waals surface area (Å²) in [6, 6.07) is 10.1. The number of nitrogens with zero attached hydrogens (tertiary/aromatic N) is 3. The molecule has 1 aliphatic heterocycles. The molecule has 0 atom stereocenters. The molecule has 0 unspecified atom stereocenters.